The molecule has 1 aliphatic heterocycles. The summed E-state index contributed by atoms with van der Waals surface area (Å²) in [6.07, 6.45) is 0. The van der Waals surface area contributed by atoms with Gasteiger partial charge >= 0.3 is 0 Å². The van der Waals surface area contributed by atoms with E-state index in [0.717, 1.165) is 11.3 Å². The van der Waals surface area contributed by atoms with Gasteiger partial charge < -0.3 is 9.64 Å². The summed E-state index contributed by atoms with van der Waals surface area (Å²) in [7, 11) is 1.61. The van der Waals surface area contributed by atoms with E-state index in [1.54, 1.807) is 24.1 Å². The first-order chi connectivity index (χ1) is 12.0. The highest BCUT2D eigenvalue weighted by atomic mass is 19.1. The minimum Gasteiger partial charge on any atom is -0.495 e. The van der Waals surface area contributed by atoms with Crippen LogP contribution in [0.15, 0.2) is 42.5 Å². The molecule has 3 rings (SSSR count). The minimum atomic E-state index is -0.321. The van der Waals surface area contributed by atoms with Crippen molar-refractivity contribution in [3.8, 4) is 5.75 Å². The highest BCUT2D eigenvalue weighted by molar-refractivity contribution is 5.99. The van der Waals surface area contributed by atoms with Crippen molar-refractivity contribution in [3.05, 3.63) is 59.4 Å². The fraction of sp³-hybridized carbons (Fsp3) is 0.350. The van der Waals surface area contributed by atoms with Gasteiger partial charge in [0.05, 0.1) is 18.8 Å². The number of nitrogens with zero attached hydrogens (tertiary/aromatic N) is 2. The second kappa shape index (κ2) is 7.23. The molecule has 0 N–H and O–H groups in total. The fourth-order valence-corrected chi connectivity index (χ4v) is 3.23. The number of rotatable bonds is 4. The van der Waals surface area contributed by atoms with Crippen LogP contribution in [0.5, 0.6) is 5.75 Å². The maximum absolute atomic E-state index is 13.9. The average molecular weight is 342 g/mol. The number of benzene rings is 2. The zero-order chi connectivity index (χ0) is 18.0. The van der Waals surface area contributed by atoms with Crippen LogP contribution in [0, 0.1) is 12.7 Å². The number of amides is 1. The van der Waals surface area contributed by atoms with Crippen LogP contribution in [0.25, 0.3) is 0 Å². The molecule has 2 aromatic carbocycles. The lowest BCUT2D eigenvalue weighted by Gasteiger charge is -2.39. The Bertz CT molecular complexity index is 778. The molecule has 4 nitrogen and oxygen atoms in total. The van der Waals surface area contributed by atoms with Gasteiger partial charge in [0, 0.05) is 25.2 Å². The Kier molecular flexibility index (Phi) is 5.04. The van der Waals surface area contributed by atoms with E-state index in [1.807, 2.05) is 43.0 Å². The third-order valence-electron chi connectivity index (χ3n) is 4.74. The molecule has 0 spiro atoms. The lowest BCUT2D eigenvalue weighted by atomic mass is 10.1. The van der Waals surface area contributed by atoms with Crippen molar-refractivity contribution in [1.29, 1.82) is 0 Å². The van der Waals surface area contributed by atoms with E-state index in [9.17, 15) is 9.18 Å². The molecule has 0 saturated carbocycles. The number of halogens is 1. The van der Waals surface area contributed by atoms with Crippen molar-refractivity contribution < 1.29 is 13.9 Å². The number of piperazine rings is 1. The minimum absolute atomic E-state index is 0.00601. The summed E-state index contributed by atoms with van der Waals surface area (Å²) in [5.41, 5.74) is 2.48. The molecule has 0 radical (unpaired) electrons. The van der Waals surface area contributed by atoms with Crippen LogP contribution in [-0.2, 0) is 11.3 Å². The van der Waals surface area contributed by atoms with Crippen molar-refractivity contribution in [2.45, 2.75) is 26.4 Å². The van der Waals surface area contributed by atoms with Crippen molar-refractivity contribution in [3.63, 3.8) is 0 Å². The van der Waals surface area contributed by atoms with Crippen molar-refractivity contribution in [2.75, 3.05) is 25.1 Å². The van der Waals surface area contributed by atoms with E-state index in [0.29, 0.717) is 30.9 Å². The lowest BCUT2D eigenvalue weighted by molar-refractivity contribution is -0.125. The predicted octanol–water partition coefficient (Wildman–Crippen LogP) is 3.38. The molecule has 0 aliphatic carbocycles. The molecule has 1 fully saturated rings. The van der Waals surface area contributed by atoms with Gasteiger partial charge in [-0.05, 0) is 37.6 Å². The van der Waals surface area contributed by atoms with E-state index >= 15 is 0 Å². The molecular weight excluding hydrogens is 319 g/mol. The summed E-state index contributed by atoms with van der Waals surface area (Å²) in [4.78, 5) is 16.7. The molecule has 1 aliphatic rings. The summed E-state index contributed by atoms with van der Waals surface area (Å²) >= 11 is 0. The normalized spacial score (nSPS) is 18.5. The molecule has 2 aromatic rings. The molecule has 0 unspecified atom stereocenters. The molecule has 25 heavy (non-hydrogen) atoms. The Morgan fingerprint density at radius 2 is 1.96 bits per heavy atom. The van der Waals surface area contributed by atoms with Gasteiger partial charge in [-0.3, -0.25) is 9.69 Å². The monoisotopic (exact) mass is 342 g/mol. The third-order valence-corrected chi connectivity index (χ3v) is 4.74. The maximum Gasteiger partial charge on any atom is 0.244 e. The van der Waals surface area contributed by atoms with Crippen LogP contribution >= 0.6 is 0 Å². The van der Waals surface area contributed by atoms with Gasteiger partial charge in [0.15, 0.2) is 0 Å². The van der Waals surface area contributed by atoms with Crippen LogP contribution in [0.2, 0.25) is 0 Å². The van der Waals surface area contributed by atoms with E-state index < -0.39 is 0 Å². The molecule has 1 amide bonds. The number of aryl methyl sites for hydroxylation is 1. The molecule has 1 saturated heterocycles. The summed E-state index contributed by atoms with van der Waals surface area (Å²) in [5.74, 6) is 0.463. The number of ether oxygens (including phenoxy) is 1. The number of hydrogen-bond donors (Lipinski definition) is 0. The average Bonchev–Trinajstić information content (AvgIpc) is 2.61. The van der Waals surface area contributed by atoms with E-state index in [2.05, 4.69) is 0 Å². The summed E-state index contributed by atoms with van der Waals surface area (Å²) in [6, 6.07) is 12.2. The number of carbonyl (C=O) groups is 1. The number of methoxy groups -OCH3 is 1. The van der Waals surface area contributed by atoms with E-state index in [4.69, 9.17) is 4.74 Å². The Balaban J connectivity index is 1.80. The first-order valence-electron chi connectivity index (χ1n) is 8.44. The van der Waals surface area contributed by atoms with E-state index in [-0.39, 0.29) is 17.8 Å². The van der Waals surface area contributed by atoms with Gasteiger partial charge in [-0.25, -0.2) is 4.39 Å². The first-order valence-corrected chi connectivity index (χ1v) is 8.44. The number of carbonyl (C=O) groups excluding carboxylic acids is 1. The van der Waals surface area contributed by atoms with Gasteiger partial charge in [0.25, 0.3) is 0 Å². The highest BCUT2D eigenvalue weighted by Gasteiger charge is 2.33. The van der Waals surface area contributed by atoms with Gasteiger partial charge in [-0.2, -0.15) is 0 Å². The summed E-state index contributed by atoms with van der Waals surface area (Å²) in [5, 5.41) is 0. The van der Waals surface area contributed by atoms with Crippen LogP contribution in [0.4, 0.5) is 10.1 Å². The fourth-order valence-electron chi connectivity index (χ4n) is 3.23. The van der Waals surface area contributed by atoms with Gasteiger partial charge in [0.1, 0.15) is 11.6 Å². The Hall–Kier alpha value is -2.40. The van der Waals surface area contributed by atoms with Gasteiger partial charge in [-0.1, -0.05) is 24.3 Å². The van der Waals surface area contributed by atoms with Crippen LogP contribution in [-0.4, -0.2) is 37.0 Å². The first kappa shape index (κ1) is 17.4. The standard InChI is InChI=1S/C20H23FN2O2/c1-14-8-9-19(25-3)18(12-14)23-11-10-22(15(2)20(23)24)13-16-6-4-5-7-17(16)21/h4-9,12,15H,10-11,13H2,1-3H3/t15-/m1/s1. The zero-order valence-corrected chi connectivity index (χ0v) is 14.8. The topological polar surface area (TPSA) is 32.8 Å². The van der Waals surface area contributed by atoms with Crippen molar-refractivity contribution in [2.24, 2.45) is 0 Å². The third kappa shape index (κ3) is 3.51. The molecule has 1 atom stereocenters. The van der Waals surface area contributed by atoms with Crippen LogP contribution < -0.4 is 9.64 Å². The molecular formula is C20H23FN2O2. The molecule has 0 aromatic heterocycles. The Morgan fingerprint density at radius 1 is 1.20 bits per heavy atom. The lowest BCUT2D eigenvalue weighted by Crippen LogP contribution is -2.55. The molecule has 0 bridgehead atoms. The van der Waals surface area contributed by atoms with Gasteiger partial charge in [0.2, 0.25) is 5.91 Å². The second-order valence-corrected chi connectivity index (χ2v) is 6.40. The Morgan fingerprint density at radius 3 is 2.68 bits per heavy atom. The van der Waals surface area contributed by atoms with Crippen molar-refractivity contribution in [1.82, 2.24) is 4.90 Å². The van der Waals surface area contributed by atoms with Crippen molar-refractivity contribution >= 4 is 11.6 Å². The summed E-state index contributed by atoms with van der Waals surface area (Å²) < 4.78 is 19.3. The maximum atomic E-state index is 13.9. The summed E-state index contributed by atoms with van der Waals surface area (Å²) in [6.45, 7) is 5.52. The quantitative estimate of drug-likeness (QED) is 0.854. The van der Waals surface area contributed by atoms with Crippen LogP contribution in [0.3, 0.4) is 0 Å². The largest absolute Gasteiger partial charge is 0.495 e. The van der Waals surface area contributed by atoms with Gasteiger partial charge in [-0.15, -0.1) is 0 Å². The smallest absolute Gasteiger partial charge is 0.244 e. The second-order valence-electron chi connectivity index (χ2n) is 6.40. The Labute approximate surface area is 147 Å². The molecule has 5 heteroatoms. The SMILES string of the molecule is COc1ccc(C)cc1N1CCN(Cc2ccccc2F)[C@H](C)C1=O. The number of anilines is 1. The molecule has 132 valence electrons. The highest BCUT2D eigenvalue weighted by Crippen LogP contribution is 2.31. The van der Waals surface area contributed by atoms with E-state index in [1.165, 1.54) is 6.07 Å². The number of hydrogen-bond acceptors (Lipinski definition) is 3. The predicted molar refractivity (Wildman–Crippen MR) is 96.4 cm³/mol. The molecule has 1 heterocycles. The zero-order valence-electron chi connectivity index (χ0n) is 14.8. The van der Waals surface area contributed by atoms with Crippen LogP contribution in [0.1, 0.15) is 18.1 Å².